The van der Waals surface area contributed by atoms with Crippen LogP contribution in [0.1, 0.15) is 46.0 Å². The first-order valence-corrected chi connectivity index (χ1v) is 9.72. The molecule has 0 aromatic rings. The van der Waals surface area contributed by atoms with Crippen LogP contribution in [0.3, 0.4) is 0 Å². The van der Waals surface area contributed by atoms with Gasteiger partial charge in [-0.2, -0.15) is 11.8 Å². The largest absolute Gasteiger partial charge is 0.352 e. The van der Waals surface area contributed by atoms with Crippen LogP contribution < -0.4 is 10.6 Å². The maximum absolute atomic E-state index is 12.6. The summed E-state index contributed by atoms with van der Waals surface area (Å²) in [4.78, 5) is 15.0. The molecule has 2 saturated heterocycles. The Labute approximate surface area is 133 Å². The molecule has 2 aliphatic rings. The molecule has 0 aromatic carbocycles. The number of nitrogens with one attached hydrogen (secondary N) is 2. The minimum Gasteiger partial charge on any atom is -0.352 e. The van der Waals surface area contributed by atoms with Gasteiger partial charge >= 0.3 is 0 Å². The average Bonchev–Trinajstić information content (AvgIpc) is 2.98. The van der Waals surface area contributed by atoms with E-state index in [9.17, 15) is 4.79 Å². The van der Waals surface area contributed by atoms with E-state index in [1.165, 1.54) is 19.3 Å². The highest BCUT2D eigenvalue weighted by Crippen LogP contribution is 2.24. The molecule has 21 heavy (non-hydrogen) atoms. The molecule has 2 atom stereocenters. The number of hydrogen-bond donors (Lipinski definition) is 2. The molecule has 2 N–H and O–H groups in total. The van der Waals surface area contributed by atoms with E-state index in [1.807, 2.05) is 11.8 Å². The maximum Gasteiger partial charge on any atom is 0.237 e. The quantitative estimate of drug-likeness (QED) is 0.704. The van der Waals surface area contributed by atoms with Gasteiger partial charge in [0.15, 0.2) is 0 Å². The van der Waals surface area contributed by atoms with Crippen LogP contribution >= 0.6 is 11.8 Å². The normalized spacial score (nSPS) is 25.9. The van der Waals surface area contributed by atoms with E-state index in [-0.39, 0.29) is 11.9 Å². The second-order valence-electron chi connectivity index (χ2n) is 6.27. The first-order chi connectivity index (χ1) is 10.2. The fraction of sp³-hybridized carbons (Fsp3) is 0.938. The average molecular weight is 314 g/mol. The minimum absolute atomic E-state index is 0.120. The number of piperidine rings is 1. The summed E-state index contributed by atoms with van der Waals surface area (Å²) in [6.45, 7) is 7.62. The van der Waals surface area contributed by atoms with Crippen molar-refractivity contribution in [3.05, 3.63) is 0 Å². The third kappa shape index (κ3) is 5.15. The topological polar surface area (TPSA) is 44.4 Å². The summed E-state index contributed by atoms with van der Waals surface area (Å²) in [5, 5.41) is 6.65. The van der Waals surface area contributed by atoms with Gasteiger partial charge in [-0.15, -0.1) is 0 Å². The van der Waals surface area contributed by atoms with E-state index >= 15 is 0 Å². The van der Waals surface area contributed by atoms with E-state index in [1.54, 1.807) is 0 Å². The number of likely N-dealkylation sites (tertiary alicyclic amines) is 1. The van der Waals surface area contributed by atoms with Gasteiger partial charge in [0, 0.05) is 12.1 Å². The molecule has 2 aliphatic heterocycles. The predicted molar refractivity (Wildman–Crippen MR) is 90.8 cm³/mol. The Kier molecular flexibility index (Phi) is 7.34. The molecule has 0 aliphatic carbocycles. The van der Waals surface area contributed by atoms with Crippen molar-refractivity contribution in [3.63, 3.8) is 0 Å². The van der Waals surface area contributed by atoms with E-state index < -0.39 is 0 Å². The summed E-state index contributed by atoms with van der Waals surface area (Å²) in [6, 6.07) is 1.02. The fourth-order valence-corrected chi connectivity index (χ4v) is 4.27. The summed E-state index contributed by atoms with van der Waals surface area (Å²) in [5.74, 6) is 2.56. The van der Waals surface area contributed by atoms with Crippen LogP contribution in [0.4, 0.5) is 0 Å². The van der Waals surface area contributed by atoms with Gasteiger partial charge in [-0.05, 0) is 70.2 Å². The zero-order chi connectivity index (χ0) is 15.1. The monoisotopic (exact) mass is 313 g/mol. The van der Waals surface area contributed by atoms with E-state index in [4.69, 9.17) is 0 Å². The molecular weight excluding hydrogens is 282 g/mol. The van der Waals surface area contributed by atoms with Crippen molar-refractivity contribution in [2.75, 3.05) is 31.1 Å². The van der Waals surface area contributed by atoms with Crippen LogP contribution in [0.2, 0.25) is 0 Å². The van der Waals surface area contributed by atoms with E-state index in [0.717, 1.165) is 44.0 Å². The van der Waals surface area contributed by atoms with Crippen LogP contribution in [0.5, 0.6) is 0 Å². The molecule has 2 fully saturated rings. The minimum atomic E-state index is 0.120. The third-order valence-electron chi connectivity index (χ3n) is 4.66. The van der Waals surface area contributed by atoms with Crippen molar-refractivity contribution in [1.82, 2.24) is 15.5 Å². The lowest BCUT2D eigenvalue weighted by Crippen LogP contribution is -2.52. The van der Waals surface area contributed by atoms with Crippen molar-refractivity contribution >= 4 is 17.7 Å². The van der Waals surface area contributed by atoms with Crippen molar-refractivity contribution in [2.24, 2.45) is 0 Å². The Morgan fingerprint density at radius 2 is 2.14 bits per heavy atom. The molecule has 2 unspecified atom stereocenters. The number of thioether (sulfide) groups is 1. The number of nitrogens with zero attached hydrogens (tertiary/aromatic N) is 1. The molecule has 5 heteroatoms. The zero-order valence-corrected chi connectivity index (χ0v) is 14.4. The van der Waals surface area contributed by atoms with Gasteiger partial charge < -0.3 is 10.6 Å². The summed E-state index contributed by atoms with van der Waals surface area (Å²) in [5.41, 5.74) is 0. The van der Waals surface area contributed by atoms with Gasteiger partial charge in [0.2, 0.25) is 5.91 Å². The number of carbonyl (C=O) groups is 1. The molecule has 0 bridgehead atoms. The van der Waals surface area contributed by atoms with Crippen molar-refractivity contribution in [3.8, 4) is 0 Å². The first kappa shape index (κ1) is 17.1. The lowest BCUT2D eigenvalue weighted by molar-refractivity contribution is -0.127. The molecule has 1 amide bonds. The molecule has 0 aromatic heterocycles. The van der Waals surface area contributed by atoms with Crippen molar-refractivity contribution in [2.45, 2.75) is 64.1 Å². The van der Waals surface area contributed by atoms with Crippen molar-refractivity contribution in [1.29, 1.82) is 0 Å². The van der Waals surface area contributed by atoms with Crippen LogP contribution in [-0.2, 0) is 4.79 Å². The Balaban J connectivity index is 1.79. The van der Waals surface area contributed by atoms with Crippen LogP contribution in [-0.4, -0.2) is 60.1 Å². The number of amides is 1. The second-order valence-corrected chi connectivity index (χ2v) is 7.67. The fourth-order valence-electron chi connectivity index (χ4n) is 3.46. The van der Waals surface area contributed by atoms with Crippen molar-refractivity contribution < 1.29 is 4.79 Å². The molecule has 2 heterocycles. The molecule has 122 valence electrons. The summed E-state index contributed by atoms with van der Waals surface area (Å²) >= 11 is 1.95. The third-order valence-corrected chi connectivity index (χ3v) is 5.60. The Hall–Kier alpha value is -0.260. The van der Waals surface area contributed by atoms with E-state index in [0.29, 0.717) is 12.1 Å². The summed E-state index contributed by atoms with van der Waals surface area (Å²) in [7, 11) is 0. The molecule has 4 nitrogen and oxygen atoms in total. The molecule has 0 spiro atoms. The first-order valence-electron chi connectivity index (χ1n) is 8.57. The van der Waals surface area contributed by atoms with Gasteiger partial charge in [-0.3, -0.25) is 9.69 Å². The highest BCUT2D eigenvalue weighted by atomic mass is 32.2. The van der Waals surface area contributed by atoms with Gasteiger partial charge in [0.1, 0.15) is 0 Å². The van der Waals surface area contributed by atoms with Crippen LogP contribution in [0.15, 0.2) is 0 Å². The predicted octanol–water partition coefficient (Wildman–Crippen LogP) is 1.85. The lowest BCUT2D eigenvalue weighted by Gasteiger charge is -2.35. The van der Waals surface area contributed by atoms with Gasteiger partial charge in [0.05, 0.1) is 6.04 Å². The van der Waals surface area contributed by atoms with Crippen LogP contribution in [0, 0.1) is 0 Å². The van der Waals surface area contributed by atoms with Gasteiger partial charge in [0.25, 0.3) is 0 Å². The van der Waals surface area contributed by atoms with Gasteiger partial charge in [-0.25, -0.2) is 0 Å². The maximum atomic E-state index is 12.6. The highest BCUT2D eigenvalue weighted by Gasteiger charge is 2.35. The number of rotatable bonds is 7. The van der Waals surface area contributed by atoms with E-state index in [2.05, 4.69) is 29.4 Å². The Morgan fingerprint density at radius 3 is 2.86 bits per heavy atom. The molecule has 2 rings (SSSR count). The Morgan fingerprint density at radius 1 is 1.38 bits per heavy atom. The number of hydrogen-bond acceptors (Lipinski definition) is 4. The standard InChI is InChI=1S/C16H31N3OS/c1-3-21-12-8-13(2)18-16(20)15-5-4-11-19(15)14-6-9-17-10-7-14/h13-15,17H,3-12H2,1-2H3,(H,18,20). The summed E-state index contributed by atoms with van der Waals surface area (Å²) < 4.78 is 0. The number of carbonyl (C=O) groups excluding carboxylic acids is 1. The lowest BCUT2D eigenvalue weighted by atomic mass is 10.0. The SMILES string of the molecule is CCSCCC(C)NC(=O)C1CCCN1C1CCNCC1. The smallest absolute Gasteiger partial charge is 0.237 e. The molecular formula is C16H31N3OS. The Bertz CT molecular complexity index is 321. The summed E-state index contributed by atoms with van der Waals surface area (Å²) in [6.07, 6.45) is 5.65. The second kappa shape index (κ2) is 9.01. The zero-order valence-electron chi connectivity index (χ0n) is 13.6. The highest BCUT2D eigenvalue weighted by molar-refractivity contribution is 7.99. The molecule has 0 radical (unpaired) electrons. The molecule has 0 saturated carbocycles. The van der Waals surface area contributed by atoms with Crippen LogP contribution in [0.25, 0.3) is 0 Å². The van der Waals surface area contributed by atoms with Gasteiger partial charge in [-0.1, -0.05) is 6.92 Å².